The molecule has 3 heterocycles. The molecule has 0 saturated carbocycles. The molecule has 1 N–H and O–H groups in total. The van der Waals surface area contributed by atoms with Crippen LogP contribution in [0.4, 0.5) is 5.69 Å². The Morgan fingerprint density at radius 3 is 2.67 bits per heavy atom. The summed E-state index contributed by atoms with van der Waals surface area (Å²) in [6.45, 7) is 7.25. The van der Waals surface area contributed by atoms with Crippen LogP contribution in [-0.2, 0) is 17.8 Å². The van der Waals surface area contributed by atoms with Crippen LogP contribution in [0.2, 0.25) is 0 Å². The predicted octanol–water partition coefficient (Wildman–Crippen LogP) is 5.50. The Labute approximate surface area is 196 Å². The van der Waals surface area contributed by atoms with Crippen LogP contribution in [0.15, 0.2) is 53.9 Å². The van der Waals surface area contributed by atoms with Crippen LogP contribution in [0.1, 0.15) is 27.5 Å². The van der Waals surface area contributed by atoms with E-state index in [-0.39, 0.29) is 19.1 Å². The SMILES string of the molecule is Cc1ccc(NC(=O)Cc2nc(-c3cc(C)n(Cc4ccc5c(c4)OCO5)c3C)cs2)cc1. The molecule has 1 aliphatic rings. The van der Waals surface area contributed by atoms with E-state index in [1.165, 1.54) is 11.3 Å². The molecule has 5 rings (SSSR count). The number of hydrogen-bond donors (Lipinski definition) is 1. The summed E-state index contributed by atoms with van der Waals surface area (Å²) in [5, 5.41) is 5.77. The quantitative estimate of drug-likeness (QED) is 0.414. The molecule has 33 heavy (non-hydrogen) atoms. The molecule has 1 aliphatic heterocycles. The van der Waals surface area contributed by atoms with Gasteiger partial charge in [0.25, 0.3) is 0 Å². The Hall–Kier alpha value is -3.58. The van der Waals surface area contributed by atoms with Crippen molar-refractivity contribution >= 4 is 22.9 Å². The van der Waals surface area contributed by atoms with Gasteiger partial charge in [0.15, 0.2) is 11.5 Å². The average molecular weight is 460 g/mol. The molecule has 0 aliphatic carbocycles. The molecule has 1 amide bonds. The highest BCUT2D eigenvalue weighted by Gasteiger charge is 2.17. The molecule has 0 unspecified atom stereocenters. The lowest BCUT2D eigenvalue weighted by atomic mass is 10.2. The van der Waals surface area contributed by atoms with Crippen LogP contribution in [0.25, 0.3) is 11.3 Å². The van der Waals surface area contributed by atoms with Crippen molar-refractivity contribution in [2.45, 2.75) is 33.7 Å². The van der Waals surface area contributed by atoms with E-state index in [1.807, 2.05) is 48.7 Å². The lowest BCUT2D eigenvalue weighted by molar-refractivity contribution is -0.115. The van der Waals surface area contributed by atoms with Gasteiger partial charge in [0.2, 0.25) is 12.7 Å². The predicted molar refractivity (Wildman–Crippen MR) is 130 cm³/mol. The molecule has 0 saturated heterocycles. The second-order valence-electron chi connectivity index (χ2n) is 8.28. The zero-order valence-corrected chi connectivity index (χ0v) is 19.7. The molecule has 2 aromatic heterocycles. The summed E-state index contributed by atoms with van der Waals surface area (Å²) in [5.74, 6) is 1.53. The fourth-order valence-electron chi connectivity index (χ4n) is 4.02. The molecule has 0 spiro atoms. The normalized spacial score (nSPS) is 12.2. The van der Waals surface area contributed by atoms with E-state index in [2.05, 4.69) is 35.9 Å². The highest BCUT2D eigenvalue weighted by atomic mass is 32.1. The average Bonchev–Trinajstić information content (AvgIpc) is 3.51. The minimum absolute atomic E-state index is 0.0620. The monoisotopic (exact) mass is 459 g/mol. The lowest BCUT2D eigenvalue weighted by Gasteiger charge is -2.10. The maximum absolute atomic E-state index is 12.5. The molecule has 0 radical (unpaired) electrons. The summed E-state index contributed by atoms with van der Waals surface area (Å²) in [7, 11) is 0. The van der Waals surface area contributed by atoms with E-state index in [1.54, 1.807) is 0 Å². The number of benzene rings is 2. The van der Waals surface area contributed by atoms with Gasteiger partial charge in [0.1, 0.15) is 5.01 Å². The number of ether oxygens (including phenoxy) is 2. The smallest absolute Gasteiger partial charge is 0.231 e. The number of thiazole rings is 1. The number of nitrogens with one attached hydrogen (secondary N) is 1. The summed E-state index contributed by atoms with van der Waals surface area (Å²) < 4.78 is 13.2. The van der Waals surface area contributed by atoms with Gasteiger partial charge in [-0.2, -0.15) is 0 Å². The third-order valence-corrected chi connectivity index (χ3v) is 6.67. The molecule has 7 heteroatoms. The maximum Gasteiger partial charge on any atom is 0.231 e. The van der Waals surface area contributed by atoms with Gasteiger partial charge in [0.05, 0.1) is 12.1 Å². The van der Waals surface area contributed by atoms with E-state index in [4.69, 9.17) is 14.5 Å². The van der Waals surface area contributed by atoms with Crippen LogP contribution in [0, 0.1) is 20.8 Å². The Kier molecular flexibility index (Phi) is 5.64. The lowest BCUT2D eigenvalue weighted by Crippen LogP contribution is -2.14. The van der Waals surface area contributed by atoms with Crippen molar-refractivity contribution in [3.05, 3.63) is 81.4 Å². The maximum atomic E-state index is 12.5. The highest BCUT2D eigenvalue weighted by Crippen LogP contribution is 2.34. The van der Waals surface area contributed by atoms with Crippen molar-refractivity contribution in [1.82, 2.24) is 9.55 Å². The summed E-state index contributed by atoms with van der Waals surface area (Å²) >= 11 is 1.52. The van der Waals surface area contributed by atoms with Crippen molar-refractivity contribution in [3.8, 4) is 22.8 Å². The molecule has 0 bridgehead atoms. The summed E-state index contributed by atoms with van der Waals surface area (Å²) in [6, 6.07) is 16.0. The second-order valence-corrected chi connectivity index (χ2v) is 9.22. The van der Waals surface area contributed by atoms with Crippen molar-refractivity contribution in [1.29, 1.82) is 0 Å². The highest BCUT2D eigenvalue weighted by molar-refractivity contribution is 7.10. The first-order valence-electron chi connectivity index (χ1n) is 10.8. The molecular weight excluding hydrogens is 434 g/mol. The number of nitrogens with zero attached hydrogens (tertiary/aromatic N) is 2. The Morgan fingerprint density at radius 1 is 1.06 bits per heavy atom. The minimum Gasteiger partial charge on any atom is -0.454 e. The fraction of sp³-hybridized carbons (Fsp3) is 0.231. The van der Waals surface area contributed by atoms with Gasteiger partial charge in [-0.05, 0) is 56.7 Å². The van der Waals surface area contributed by atoms with Gasteiger partial charge >= 0.3 is 0 Å². The topological polar surface area (TPSA) is 65.4 Å². The molecular formula is C26H25N3O3S. The third-order valence-electron chi connectivity index (χ3n) is 5.83. The van der Waals surface area contributed by atoms with E-state index < -0.39 is 0 Å². The fourth-order valence-corrected chi connectivity index (χ4v) is 4.81. The molecule has 6 nitrogen and oxygen atoms in total. The van der Waals surface area contributed by atoms with Crippen molar-refractivity contribution in [2.24, 2.45) is 0 Å². The number of fused-ring (bicyclic) bond motifs is 1. The first kappa shape index (κ1) is 21.3. The van der Waals surface area contributed by atoms with E-state index in [0.717, 1.165) is 62.5 Å². The van der Waals surface area contributed by atoms with E-state index in [9.17, 15) is 4.79 Å². The van der Waals surface area contributed by atoms with Gasteiger partial charge < -0.3 is 19.4 Å². The molecule has 0 atom stereocenters. The Balaban J connectivity index is 1.30. The van der Waals surface area contributed by atoms with Crippen molar-refractivity contribution < 1.29 is 14.3 Å². The van der Waals surface area contributed by atoms with Crippen LogP contribution >= 0.6 is 11.3 Å². The van der Waals surface area contributed by atoms with Crippen LogP contribution in [0.3, 0.4) is 0 Å². The van der Waals surface area contributed by atoms with Crippen LogP contribution in [0.5, 0.6) is 11.5 Å². The summed E-state index contributed by atoms with van der Waals surface area (Å²) in [6.07, 6.45) is 0.258. The Bertz CT molecular complexity index is 1320. The number of carbonyl (C=O) groups excluding carboxylic acids is 1. The molecule has 0 fully saturated rings. The number of rotatable bonds is 6. The minimum atomic E-state index is -0.0620. The number of hydrogen-bond acceptors (Lipinski definition) is 5. The Morgan fingerprint density at radius 2 is 1.85 bits per heavy atom. The first-order valence-corrected chi connectivity index (χ1v) is 11.7. The number of aryl methyl sites for hydroxylation is 2. The number of anilines is 1. The zero-order valence-electron chi connectivity index (χ0n) is 18.8. The largest absolute Gasteiger partial charge is 0.454 e. The second kappa shape index (κ2) is 8.75. The van der Waals surface area contributed by atoms with Crippen molar-refractivity contribution in [3.63, 3.8) is 0 Å². The van der Waals surface area contributed by atoms with Crippen molar-refractivity contribution in [2.75, 3.05) is 12.1 Å². The summed E-state index contributed by atoms with van der Waals surface area (Å²) in [5.41, 5.74) is 7.42. The van der Waals surface area contributed by atoms with Gasteiger partial charge in [0, 0.05) is 34.6 Å². The van der Waals surface area contributed by atoms with Crippen LogP contribution in [-0.4, -0.2) is 22.3 Å². The molecule has 2 aromatic carbocycles. The number of amides is 1. The van der Waals surface area contributed by atoms with Gasteiger partial charge in [-0.3, -0.25) is 4.79 Å². The van der Waals surface area contributed by atoms with Gasteiger partial charge in [-0.15, -0.1) is 11.3 Å². The molecule has 4 aromatic rings. The summed E-state index contributed by atoms with van der Waals surface area (Å²) in [4.78, 5) is 17.2. The van der Waals surface area contributed by atoms with Gasteiger partial charge in [-0.1, -0.05) is 23.8 Å². The number of carbonyl (C=O) groups is 1. The standard InChI is InChI=1S/C26H25N3O3S/c1-16-4-7-20(8-5-16)27-25(30)12-26-28-22(14-33-26)21-10-17(2)29(18(21)3)13-19-6-9-23-24(11-19)32-15-31-23/h4-11,14H,12-13,15H2,1-3H3,(H,27,30). The number of aromatic nitrogens is 2. The first-order chi connectivity index (χ1) is 16.0. The van der Waals surface area contributed by atoms with Crippen LogP contribution < -0.4 is 14.8 Å². The molecule has 168 valence electrons. The zero-order chi connectivity index (χ0) is 22.9. The van der Waals surface area contributed by atoms with E-state index in [0.29, 0.717) is 0 Å². The van der Waals surface area contributed by atoms with Gasteiger partial charge in [-0.25, -0.2) is 4.98 Å². The third kappa shape index (κ3) is 4.50. The van der Waals surface area contributed by atoms with E-state index >= 15 is 0 Å².